The Kier molecular flexibility index (Phi) is 9.73. The minimum absolute atomic E-state index is 0.228. The molecule has 146 valence electrons. The second-order valence-corrected chi connectivity index (χ2v) is 8.04. The van der Waals surface area contributed by atoms with Crippen molar-refractivity contribution in [3.63, 3.8) is 0 Å². The monoisotopic (exact) mass is 394 g/mol. The van der Waals surface area contributed by atoms with Gasteiger partial charge >= 0.3 is 0 Å². The molecule has 2 rings (SSSR count). The molecule has 0 radical (unpaired) electrons. The van der Waals surface area contributed by atoms with Crippen LogP contribution in [0.25, 0.3) is 0 Å². The first kappa shape index (κ1) is 22.2. The molecule has 0 aromatic carbocycles. The van der Waals surface area contributed by atoms with Crippen molar-refractivity contribution >= 4 is 21.5 Å². The van der Waals surface area contributed by atoms with Gasteiger partial charge in [0.1, 0.15) is 6.61 Å². The zero-order valence-corrected chi connectivity index (χ0v) is 17.1. The molecule has 0 spiro atoms. The third kappa shape index (κ3) is 8.37. The predicted molar refractivity (Wildman–Crippen MR) is 101 cm³/mol. The lowest BCUT2D eigenvalue weighted by atomic mass is 10.4. The van der Waals surface area contributed by atoms with Gasteiger partial charge in [-0.3, -0.25) is 9.45 Å². The summed E-state index contributed by atoms with van der Waals surface area (Å²) in [7, 11) is -2.06. The van der Waals surface area contributed by atoms with E-state index in [2.05, 4.69) is 25.7 Å². The standard InChI is InChI=1S/C10H15NO5S2.C6H15N/c1-11(3-2-4-18(12,13)14)10-5-15-8-6-17-7-9(8)16-10;1-4-7(5-2)6-3/h6-7,10H,2-5H2,1H3,(H,12,13,14);4-6H2,1-3H3. The van der Waals surface area contributed by atoms with Crippen LogP contribution in [0.15, 0.2) is 10.8 Å². The van der Waals surface area contributed by atoms with Crippen LogP contribution in [0, 0.1) is 0 Å². The molecule has 7 nitrogen and oxygen atoms in total. The molecule has 1 unspecified atom stereocenters. The van der Waals surface area contributed by atoms with Crippen LogP contribution < -0.4 is 9.47 Å². The Balaban J connectivity index is 0.000000381. The molecule has 1 aromatic rings. The Bertz CT molecular complexity index is 582. The molecule has 1 aromatic heterocycles. The molecule has 0 saturated carbocycles. The van der Waals surface area contributed by atoms with Crippen LogP contribution in [-0.2, 0) is 10.1 Å². The van der Waals surface area contributed by atoms with E-state index < -0.39 is 10.1 Å². The number of fused-ring (bicyclic) bond motifs is 1. The fourth-order valence-corrected chi connectivity index (χ4v) is 3.50. The third-order valence-electron chi connectivity index (χ3n) is 3.98. The van der Waals surface area contributed by atoms with Gasteiger partial charge in [-0.15, -0.1) is 11.3 Å². The Morgan fingerprint density at radius 3 is 2.32 bits per heavy atom. The van der Waals surface area contributed by atoms with Crippen LogP contribution in [0.1, 0.15) is 27.2 Å². The summed E-state index contributed by atoms with van der Waals surface area (Å²) < 4.78 is 41.1. The van der Waals surface area contributed by atoms with E-state index >= 15 is 0 Å². The van der Waals surface area contributed by atoms with E-state index in [1.54, 1.807) is 0 Å². The Labute approximate surface area is 155 Å². The SMILES string of the molecule is CCN(CC)CC.CN(CCCS(=O)(=O)O)C1COc2cscc2O1. The second kappa shape index (κ2) is 11.0. The van der Waals surface area contributed by atoms with E-state index in [1.807, 2.05) is 22.7 Å². The van der Waals surface area contributed by atoms with Crippen molar-refractivity contribution in [1.82, 2.24) is 9.80 Å². The molecular formula is C16H30N2O5S2. The summed E-state index contributed by atoms with van der Waals surface area (Å²) in [5.41, 5.74) is 0. The van der Waals surface area contributed by atoms with Gasteiger partial charge in [-0.25, -0.2) is 0 Å². The smallest absolute Gasteiger partial charge is 0.264 e. The molecule has 2 heterocycles. The minimum Gasteiger partial charge on any atom is -0.483 e. The van der Waals surface area contributed by atoms with Crippen molar-refractivity contribution in [3.05, 3.63) is 10.8 Å². The minimum atomic E-state index is -3.89. The van der Waals surface area contributed by atoms with E-state index in [0.29, 0.717) is 19.6 Å². The lowest BCUT2D eigenvalue weighted by Gasteiger charge is -2.31. The van der Waals surface area contributed by atoms with Gasteiger partial charge < -0.3 is 14.4 Å². The Hall–Kier alpha value is -0.870. The second-order valence-electron chi connectivity index (χ2n) is 5.72. The van der Waals surface area contributed by atoms with Crippen molar-refractivity contribution in [2.75, 3.05) is 45.6 Å². The number of hydrogen-bond acceptors (Lipinski definition) is 7. The highest BCUT2D eigenvalue weighted by Gasteiger charge is 2.25. The van der Waals surface area contributed by atoms with E-state index in [-0.39, 0.29) is 12.0 Å². The summed E-state index contributed by atoms with van der Waals surface area (Å²) in [6.07, 6.45) is 0.125. The fraction of sp³-hybridized carbons (Fsp3) is 0.750. The van der Waals surface area contributed by atoms with Gasteiger partial charge in [-0.1, -0.05) is 20.8 Å². The van der Waals surface area contributed by atoms with E-state index in [9.17, 15) is 8.42 Å². The van der Waals surface area contributed by atoms with E-state index in [0.717, 1.165) is 11.5 Å². The molecule has 0 fully saturated rings. The fourth-order valence-electron chi connectivity index (χ4n) is 2.33. The van der Waals surface area contributed by atoms with Gasteiger partial charge in [0.2, 0.25) is 0 Å². The summed E-state index contributed by atoms with van der Waals surface area (Å²) in [4.78, 5) is 4.24. The van der Waals surface area contributed by atoms with Crippen molar-refractivity contribution < 1.29 is 22.4 Å². The summed E-state index contributed by atoms with van der Waals surface area (Å²) in [5, 5.41) is 3.75. The summed E-state index contributed by atoms with van der Waals surface area (Å²) >= 11 is 1.51. The van der Waals surface area contributed by atoms with Crippen LogP contribution in [0.4, 0.5) is 0 Å². The molecule has 25 heavy (non-hydrogen) atoms. The molecule has 0 aliphatic carbocycles. The first-order valence-corrected chi connectivity index (χ1v) is 11.1. The summed E-state index contributed by atoms with van der Waals surface area (Å²) in [5.74, 6) is 1.23. The van der Waals surface area contributed by atoms with Gasteiger partial charge in [0.05, 0.1) is 5.75 Å². The van der Waals surface area contributed by atoms with Crippen LogP contribution in [0.5, 0.6) is 11.5 Å². The van der Waals surface area contributed by atoms with Crippen molar-refractivity contribution in [2.45, 2.75) is 33.4 Å². The summed E-state index contributed by atoms with van der Waals surface area (Å²) in [6.45, 7) is 11.0. The normalized spacial score (nSPS) is 16.7. The quantitative estimate of drug-likeness (QED) is 0.678. The average molecular weight is 395 g/mol. The van der Waals surface area contributed by atoms with Crippen LogP contribution in [-0.4, -0.2) is 74.6 Å². The maximum atomic E-state index is 10.6. The van der Waals surface area contributed by atoms with Gasteiger partial charge in [0.15, 0.2) is 17.7 Å². The van der Waals surface area contributed by atoms with E-state index in [1.165, 1.54) is 31.0 Å². The van der Waals surface area contributed by atoms with Crippen molar-refractivity contribution in [1.29, 1.82) is 0 Å². The number of likely N-dealkylation sites (N-methyl/N-ethyl adjacent to an activating group) is 1. The molecule has 1 aliphatic heterocycles. The maximum absolute atomic E-state index is 10.6. The molecule has 9 heteroatoms. The molecule has 0 saturated heterocycles. The zero-order chi connectivity index (χ0) is 18.9. The van der Waals surface area contributed by atoms with Gasteiger partial charge in [0.25, 0.3) is 10.1 Å². The van der Waals surface area contributed by atoms with Gasteiger partial charge in [0, 0.05) is 17.3 Å². The summed E-state index contributed by atoms with van der Waals surface area (Å²) in [6, 6.07) is 0. The molecule has 0 bridgehead atoms. The highest BCUT2D eigenvalue weighted by Crippen LogP contribution is 2.35. The van der Waals surface area contributed by atoms with Crippen LogP contribution >= 0.6 is 11.3 Å². The number of thiophene rings is 1. The van der Waals surface area contributed by atoms with Crippen molar-refractivity contribution in [2.24, 2.45) is 0 Å². The highest BCUT2D eigenvalue weighted by molar-refractivity contribution is 7.85. The van der Waals surface area contributed by atoms with Gasteiger partial charge in [-0.2, -0.15) is 8.42 Å². The zero-order valence-electron chi connectivity index (χ0n) is 15.5. The third-order valence-corrected chi connectivity index (χ3v) is 5.49. The number of hydrogen-bond donors (Lipinski definition) is 1. The maximum Gasteiger partial charge on any atom is 0.264 e. The lowest BCUT2D eigenvalue weighted by Crippen LogP contribution is -2.43. The first-order chi connectivity index (χ1) is 11.8. The highest BCUT2D eigenvalue weighted by atomic mass is 32.2. The molecule has 1 N–H and O–H groups in total. The first-order valence-electron chi connectivity index (χ1n) is 8.54. The Morgan fingerprint density at radius 1 is 1.20 bits per heavy atom. The van der Waals surface area contributed by atoms with Crippen molar-refractivity contribution in [3.8, 4) is 11.5 Å². The molecule has 1 atom stereocenters. The van der Waals surface area contributed by atoms with Crippen LogP contribution in [0.2, 0.25) is 0 Å². The topological polar surface area (TPSA) is 79.3 Å². The van der Waals surface area contributed by atoms with Gasteiger partial charge in [-0.05, 0) is 33.1 Å². The lowest BCUT2D eigenvalue weighted by molar-refractivity contribution is -0.0142. The Morgan fingerprint density at radius 2 is 1.80 bits per heavy atom. The molecule has 1 aliphatic rings. The van der Waals surface area contributed by atoms with Crippen LogP contribution in [0.3, 0.4) is 0 Å². The average Bonchev–Trinajstić information content (AvgIpc) is 3.03. The molecule has 0 amide bonds. The molecular weight excluding hydrogens is 364 g/mol. The predicted octanol–water partition coefficient (Wildman–Crippen LogP) is 2.40. The largest absolute Gasteiger partial charge is 0.483 e. The number of ether oxygens (including phenoxy) is 2. The van der Waals surface area contributed by atoms with E-state index in [4.69, 9.17) is 14.0 Å². The number of rotatable bonds is 8. The number of nitrogens with zero attached hydrogens (tertiary/aromatic N) is 2.